The molecule has 0 saturated carbocycles. The average molecular weight is 400 g/mol. The Hall–Kier alpha value is -2.57. The lowest BCUT2D eigenvalue weighted by molar-refractivity contribution is 0.601. The lowest BCUT2D eigenvalue weighted by atomic mass is 10.1. The van der Waals surface area contributed by atoms with Crippen molar-refractivity contribution in [2.45, 2.75) is 24.3 Å². The summed E-state index contributed by atoms with van der Waals surface area (Å²) in [5.41, 5.74) is 3.40. The third kappa shape index (κ3) is 3.50. The number of halogens is 1. The number of rotatable bonds is 4. The lowest BCUT2D eigenvalue weighted by Crippen LogP contribution is -2.24. The Morgan fingerprint density at radius 2 is 1.93 bits per heavy atom. The molecule has 0 radical (unpaired) electrons. The zero-order valence-electron chi connectivity index (χ0n) is 14.6. The minimum atomic E-state index is -3.74. The fraction of sp³-hybridized carbons (Fsp3) is 0.150. The molecule has 1 atom stereocenters. The van der Waals surface area contributed by atoms with Crippen LogP contribution in [0.3, 0.4) is 0 Å². The number of nitrogens with zero attached hydrogens (tertiary/aromatic N) is 2. The summed E-state index contributed by atoms with van der Waals surface area (Å²) in [6, 6.07) is 18.3. The molecule has 5 nitrogen and oxygen atoms in total. The topological polar surface area (TPSA) is 62.3 Å². The van der Waals surface area contributed by atoms with Crippen molar-refractivity contribution < 1.29 is 8.42 Å². The number of fused-ring (bicyclic) bond motifs is 1. The number of benzene rings is 2. The SMILES string of the molecule is CC1Cc2ccccc2N1c1ccc(NS(=O)(=O)c2cccc(Cl)c2)nc1. The van der Waals surface area contributed by atoms with Crippen LogP contribution in [-0.4, -0.2) is 19.4 Å². The van der Waals surface area contributed by atoms with E-state index >= 15 is 0 Å². The molecule has 138 valence electrons. The first-order valence-electron chi connectivity index (χ1n) is 8.56. The Kier molecular flexibility index (Phi) is 4.53. The zero-order valence-corrected chi connectivity index (χ0v) is 16.2. The number of nitrogens with one attached hydrogen (secondary N) is 1. The fourth-order valence-electron chi connectivity index (χ4n) is 3.38. The third-order valence-electron chi connectivity index (χ3n) is 4.58. The van der Waals surface area contributed by atoms with Gasteiger partial charge in [0.25, 0.3) is 10.0 Å². The standard InChI is InChI=1S/C20H18ClN3O2S/c1-14-11-15-5-2-3-8-19(15)24(14)17-9-10-20(22-13-17)23-27(25,26)18-7-4-6-16(21)12-18/h2-10,12-14H,11H2,1H3,(H,22,23). The van der Waals surface area contributed by atoms with Crippen molar-refractivity contribution in [2.24, 2.45) is 0 Å². The number of para-hydroxylation sites is 1. The van der Waals surface area contributed by atoms with Crippen LogP contribution in [-0.2, 0) is 16.4 Å². The molecule has 1 N–H and O–H groups in total. The maximum absolute atomic E-state index is 12.5. The minimum absolute atomic E-state index is 0.1000. The Balaban J connectivity index is 1.58. The van der Waals surface area contributed by atoms with Crippen LogP contribution in [0, 0.1) is 0 Å². The van der Waals surface area contributed by atoms with E-state index in [1.54, 1.807) is 24.4 Å². The summed E-state index contributed by atoms with van der Waals surface area (Å²) in [4.78, 5) is 6.62. The highest BCUT2D eigenvalue weighted by atomic mass is 35.5. The molecule has 1 aliphatic rings. The van der Waals surface area contributed by atoms with Crippen molar-refractivity contribution >= 4 is 38.8 Å². The van der Waals surface area contributed by atoms with Gasteiger partial charge in [0.1, 0.15) is 5.82 Å². The highest BCUT2D eigenvalue weighted by Crippen LogP contribution is 2.37. The molecule has 0 aliphatic carbocycles. The van der Waals surface area contributed by atoms with Crippen LogP contribution < -0.4 is 9.62 Å². The maximum atomic E-state index is 12.5. The molecule has 2 heterocycles. The van der Waals surface area contributed by atoms with Gasteiger partial charge in [0.2, 0.25) is 0 Å². The molecule has 3 aromatic rings. The summed E-state index contributed by atoms with van der Waals surface area (Å²) in [6.45, 7) is 2.16. The molecule has 1 aliphatic heterocycles. The molecule has 0 saturated heterocycles. The van der Waals surface area contributed by atoms with E-state index < -0.39 is 10.0 Å². The van der Waals surface area contributed by atoms with E-state index in [-0.39, 0.29) is 10.7 Å². The average Bonchev–Trinajstić information content (AvgIpc) is 2.98. The van der Waals surface area contributed by atoms with E-state index in [0.717, 1.165) is 12.1 Å². The lowest BCUT2D eigenvalue weighted by Gasteiger charge is -2.24. The smallest absolute Gasteiger partial charge is 0.263 e. The third-order valence-corrected chi connectivity index (χ3v) is 6.17. The number of aromatic nitrogens is 1. The number of anilines is 3. The predicted molar refractivity (Wildman–Crippen MR) is 108 cm³/mol. The Morgan fingerprint density at radius 3 is 2.67 bits per heavy atom. The molecule has 0 amide bonds. The van der Waals surface area contributed by atoms with E-state index in [9.17, 15) is 8.42 Å². The van der Waals surface area contributed by atoms with Crippen LogP contribution in [0.25, 0.3) is 0 Å². The summed E-state index contributed by atoms with van der Waals surface area (Å²) >= 11 is 5.89. The predicted octanol–water partition coefficient (Wildman–Crippen LogP) is 4.62. The van der Waals surface area contributed by atoms with Gasteiger partial charge in [0.05, 0.1) is 16.8 Å². The molecule has 0 bridgehead atoms. The number of hydrogen-bond donors (Lipinski definition) is 1. The quantitative estimate of drug-likeness (QED) is 0.695. The summed E-state index contributed by atoms with van der Waals surface area (Å²) in [6.07, 6.45) is 2.66. The molecule has 1 aromatic heterocycles. The van der Waals surface area contributed by atoms with Gasteiger partial charge in [0, 0.05) is 16.8 Å². The van der Waals surface area contributed by atoms with Gasteiger partial charge < -0.3 is 4.90 Å². The van der Waals surface area contributed by atoms with Gasteiger partial charge >= 0.3 is 0 Å². The highest BCUT2D eigenvalue weighted by molar-refractivity contribution is 7.92. The first-order chi connectivity index (χ1) is 12.9. The van der Waals surface area contributed by atoms with E-state index in [1.165, 1.54) is 23.4 Å². The summed E-state index contributed by atoms with van der Waals surface area (Å²) < 4.78 is 27.5. The molecular weight excluding hydrogens is 382 g/mol. The molecule has 0 fully saturated rings. The largest absolute Gasteiger partial charge is 0.337 e. The van der Waals surface area contributed by atoms with E-state index in [2.05, 4.69) is 33.7 Å². The van der Waals surface area contributed by atoms with E-state index in [0.29, 0.717) is 11.1 Å². The highest BCUT2D eigenvalue weighted by Gasteiger charge is 2.27. The van der Waals surface area contributed by atoms with Crippen LogP contribution >= 0.6 is 11.6 Å². The van der Waals surface area contributed by atoms with Crippen LogP contribution in [0.2, 0.25) is 5.02 Å². The first-order valence-corrected chi connectivity index (χ1v) is 10.4. The number of pyridine rings is 1. The molecule has 0 spiro atoms. The van der Waals surface area contributed by atoms with Crippen molar-refractivity contribution in [1.82, 2.24) is 4.98 Å². The second-order valence-corrected chi connectivity index (χ2v) is 8.64. The Labute approximate surface area is 163 Å². The van der Waals surface area contributed by atoms with Crippen molar-refractivity contribution in [3.05, 3.63) is 77.4 Å². The first kappa shape index (κ1) is 17.8. The molecular formula is C20H18ClN3O2S. The second kappa shape index (κ2) is 6.87. The van der Waals surface area contributed by atoms with Gasteiger partial charge in [-0.05, 0) is 55.3 Å². The number of sulfonamides is 1. The Bertz CT molecular complexity index is 1080. The summed E-state index contributed by atoms with van der Waals surface area (Å²) in [5, 5.41) is 0.364. The van der Waals surface area contributed by atoms with Gasteiger partial charge in [-0.2, -0.15) is 0 Å². The minimum Gasteiger partial charge on any atom is -0.337 e. The van der Waals surface area contributed by atoms with Crippen LogP contribution in [0.5, 0.6) is 0 Å². The van der Waals surface area contributed by atoms with Gasteiger partial charge in [-0.25, -0.2) is 13.4 Å². The monoisotopic (exact) mass is 399 g/mol. The van der Waals surface area contributed by atoms with Gasteiger partial charge in [-0.15, -0.1) is 0 Å². The Morgan fingerprint density at radius 1 is 1.11 bits per heavy atom. The summed E-state index contributed by atoms with van der Waals surface area (Å²) in [5.74, 6) is 0.263. The number of hydrogen-bond acceptors (Lipinski definition) is 4. The molecule has 7 heteroatoms. The van der Waals surface area contributed by atoms with Gasteiger partial charge in [-0.1, -0.05) is 35.9 Å². The van der Waals surface area contributed by atoms with Crippen molar-refractivity contribution in [1.29, 1.82) is 0 Å². The van der Waals surface area contributed by atoms with Gasteiger partial charge in [-0.3, -0.25) is 4.72 Å². The maximum Gasteiger partial charge on any atom is 0.263 e. The van der Waals surface area contributed by atoms with Crippen LogP contribution in [0.4, 0.5) is 17.2 Å². The van der Waals surface area contributed by atoms with Crippen LogP contribution in [0.15, 0.2) is 71.8 Å². The van der Waals surface area contributed by atoms with Crippen molar-refractivity contribution in [3.8, 4) is 0 Å². The van der Waals surface area contributed by atoms with Crippen LogP contribution in [0.1, 0.15) is 12.5 Å². The normalized spacial score (nSPS) is 16.2. The molecule has 4 rings (SSSR count). The molecule has 1 unspecified atom stereocenters. The summed E-state index contributed by atoms with van der Waals surface area (Å²) in [7, 11) is -3.74. The van der Waals surface area contributed by atoms with Gasteiger partial charge in [0.15, 0.2) is 0 Å². The van der Waals surface area contributed by atoms with Crippen molar-refractivity contribution in [2.75, 3.05) is 9.62 Å². The van der Waals surface area contributed by atoms with Crippen molar-refractivity contribution in [3.63, 3.8) is 0 Å². The van der Waals surface area contributed by atoms with E-state index in [4.69, 9.17) is 11.6 Å². The molecule has 2 aromatic carbocycles. The fourth-order valence-corrected chi connectivity index (χ4v) is 4.69. The van der Waals surface area contributed by atoms with E-state index in [1.807, 2.05) is 18.2 Å². The molecule has 27 heavy (non-hydrogen) atoms. The zero-order chi connectivity index (χ0) is 19.0. The second-order valence-electron chi connectivity index (χ2n) is 6.52.